The Morgan fingerprint density at radius 2 is 2.04 bits per heavy atom. The van der Waals surface area contributed by atoms with Crippen LogP contribution >= 0.6 is 0 Å². The fourth-order valence-electron chi connectivity index (χ4n) is 3.32. The van der Waals surface area contributed by atoms with E-state index in [0.717, 1.165) is 19.5 Å². The summed E-state index contributed by atoms with van der Waals surface area (Å²) in [6, 6.07) is 3.31. The summed E-state index contributed by atoms with van der Waals surface area (Å²) >= 11 is 0. The molecule has 3 rings (SSSR count). The first-order valence-electron chi connectivity index (χ1n) is 8.11. The van der Waals surface area contributed by atoms with Gasteiger partial charge in [-0.15, -0.1) is 0 Å². The molecule has 6 heteroatoms. The smallest absolute Gasteiger partial charge is 0.279 e. The van der Waals surface area contributed by atoms with Crippen molar-refractivity contribution in [3.05, 3.63) is 17.7 Å². The minimum absolute atomic E-state index is 0.0736. The Hall–Kier alpha value is -2.08. The summed E-state index contributed by atoms with van der Waals surface area (Å²) in [4.78, 5) is 25.5. The number of Topliss-reactive ketones (excluding diaryl/α,β-unsaturated/α-hetero) is 1. The van der Waals surface area contributed by atoms with Crippen molar-refractivity contribution in [2.75, 3.05) is 31.7 Å². The quantitative estimate of drug-likeness (QED) is 0.808. The molecule has 0 aromatic heterocycles. The lowest BCUT2D eigenvalue weighted by Gasteiger charge is -2.27. The highest BCUT2D eigenvalue weighted by Gasteiger charge is 2.24. The SMILES string of the molecule is CC(=O)c1cc2c(cc1NC(=O)C[NH+]1CCC[C@@H](C)C1)OCO2. The number of carbonyl (C=O) groups is 2. The number of fused-ring (bicyclic) bond motifs is 1. The van der Waals surface area contributed by atoms with Gasteiger partial charge in [0, 0.05) is 17.5 Å². The van der Waals surface area contributed by atoms with Crippen LogP contribution in [0.5, 0.6) is 11.5 Å². The number of benzene rings is 1. The van der Waals surface area contributed by atoms with Gasteiger partial charge in [0.2, 0.25) is 6.79 Å². The summed E-state index contributed by atoms with van der Waals surface area (Å²) in [5, 5.41) is 2.87. The molecule has 0 spiro atoms. The van der Waals surface area contributed by atoms with Crippen LogP contribution in [0, 0.1) is 5.92 Å². The van der Waals surface area contributed by atoms with E-state index >= 15 is 0 Å². The standard InChI is InChI=1S/C17H22N2O4/c1-11-4-3-5-19(8-11)9-17(21)18-14-7-16-15(22-10-23-16)6-13(14)12(2)20/h6-7,11H,3-5,8-10H2,1-2H3,(H,18,21)/p+1/t11-/m1/s1. The van der Waals surface area contributed by atoms with Crippen molar-refractivity contribution >= 4 is 17.4 Å². The predicted molar refractivity (Wildman–Crippen MR) is 85.2 cm³/mol. The number of hydrogen-bond acceptors (Lipinski definition) is 4. The van der Waals surface area contributed by atoms with Crippen LogP contribution in [0.4, 0.5) is 5.69 Å². The van der Waals surface area contributed by atoms with E-state index in [1.165, 1.54) is 18.2 Å². The van der Waals surface area contributed by atoms with E-state index in [2.05, 4.69) is 12.2 Å². The predicted octanol–water partition coefficient (Wildman–Crippen LogP) is 0.871. The van der Waals surface area contributed by atoms with Crippen LogP contribution in [0.15, 0.2) is 12.1 Å². The number of likely N-dealkylation sites (tertiary alicyclic amines) is 1. The van der Waals surface area contributed by atoms with Gasteiger partial charge < -0.3 is 19.7 Å². The largest absolute Gasteiger partial charge is 0.454 e. The van der Waals surface area contributed by atoms with E-state index in [1.807, 2.05) is 0 Å². The van der Waals surface area contributed by atoms with Crippen molar-refractivity contribution in [2.24, 2.45) is 5.92 Å². The molecule has 1 unspecified atom stereocenters. The molecule has 6 nitrogen and oxygen atoms in total. The molecular formula is C17H23N2O4+. The molecule has 1 amide bonds. The minimum Gasteiger partial charge on any atom is -0.454 e. The van der Waals surface area contributed by atoms with Crippen molar-refractivity contribution in [1.82, 2.24) is 0 Å². The molecule has 1 aromatic rings. The van der Waals surface area contributed by atoms with E-state index in [4.69, 9.17) is 9.47 Å². The molecule has 1 aromatic carbocycles. The van der Waals surface area contributed by atoms with Gasteiger partial charge in [0.1, 0.15) is 0 Å². The third-order valence-electron chi connectivity index (χ3n) is 4.44. The fourth-order valence-corrected chi connectivity index (χ4v) is 3.32. The number of hydrogen-bond donors (Lipinski definition) is 2. The second kappa shape index (κ2) is 6.58. The van der Waals surface area contributed by atoms with E-state index in [9.17, 15) is 9.59 Å². The molecule has 0 aliphatic carbocycles. The number of nitrogens with one attached hydrogen (secondary N) is 2. The number of amides is 1. The summed E-state index contributed by atoms with van der Waals surface area (Å²) in [6.45, 7) is 6.32. The molecule has 2 atom stereocenters. The van der Waals surface area contributed by atoms with Crippen molar-refractivity contribution < 1.29 is 24.0 Å². The average molecular weight is 319 g/mol. The maximum Gasteiger partial charge on any atom is 0.279 e. The number of ether oxygens (including phenoxy) is 2. The highest BCUT2D eigenvalue weighted by molar-refractivity contribution is 6.04. The Balaban J connectivity index is 1.71. The van der Waals surface area contributed by atoms with Gasteiger partial charge in [-0.05, 0) is 25.8 Å². The second-order valence-electron chi connectivity index (χ2n) is 6.48. The van der Waals surface area contributed by atoms with Crippen LogP contribution in [0.3, 0.4) is 0 Å². The molecule has 0 radical (unpaired) electrons. The van der Waals surface area contributed by atoms with Crippen LogP contribution in [0.1, 0.15) is 37.0 Å². The normalized spacial score (nSPS) is 22.7. The molecule has 2 heterocycles. The monoisotopic (exact) mass is 319 g/mol. The topological polar surface area (TPSA) is 69.1 Å². The van der Waals surface area contributed by atoms with Crippen molar-refractivity contribution in [3.63, 3.8) is 0 Å². The summed E-state index contributed by atoms with van der Waals surface area (Å²) < 4.78 is 10.6. The lowest BCUT2D eigenvalue weighted by molar-refractivity contribution is -0.900. The van der Waals surface area contributed by atoms with Gasteiger partial charge in [-0.25, -0.2) is 0 Å². The zero-order chi connectivity index (χ0) is 16.4. The van der Waals surface area contributed by atoms with Crippen LogP contribution in [-0.2, 0) is 4.79 Å². The maximum absolute atomic E-state index is 12.3. The molecule has 124 valence electrons. The van der Waals surface area contributed by atoms with E-state index < -0.39 is 0 Å². The highest BCUT2D eigenvalue weighted by Crippen LogP contribution is 2.37. The molecule has 0 bridgehead atoms. The minimum atomic E-state index is -0.113. The Labute approximate surface area is 135 Å². The lowest BCUT2D eigenvalue weighted by Crippen LogP contribution is -3.14. The number of quaternary nitrogens is 1. The van der Waals surface area contributed by atoms with Gasteiger partial charge in [0.15, 0.2) is 23.8 Å². The van der Waals surface area contributed by atoms with E-state index in [1.54, 1.807) is 12.1 Å². The Morgan fingerprint density at radius 3 is 2.74 bits per heavy atom. The van der Waals surface area contributed by atoms with Crippen molar-refractivity contribution in [1.29, 1.82) is 0 Å². The number of ketones is 1. The summed E-state index contributed by atoms with van der Waals surface area (Å²) in [5.74, 6) is 1.57. The maximum atomic E-state index is 12.3. The van der Waals surface area contributed by atoms with Gasteiger partial charge in [0.25, 0.3) is 5.91 Å². The third-order valence-corrected chi connectivity index (χ3v) is 4.44. The van der Waals surface area contributed by atoms with Crippen LogP contribution in [0.2, 0.25) is 0 Å². The van der Waals surface area contributed by atoms with E-state index in [0.29, 0.717) is 35.2 Å². The molecular weight excluding hydrogens is 296 g/mol. The third kappa shape index (κ3) is 3.64. The molecule has 23 heavy (non-hydrogen) atoms. The van der Waals surface area contributed by atoms with Gasteiger partial charge in [0.05, 0.1) is 18.8 Å². The molecule has 2 N–H and O–H groups in total. The van der Waals surface area contributed by atoms with Gasteiger partial charge in [-0.2, -0.15) is 0 Å². The first-order valence-corrected chi connectivity index (χ1v) is 8.11. The zero-order valence-corrected chi connectivity index (χ0v) is 13.6. The molecule has 1 fully saturated rings. The average Bonchev–Trinajstić information content (AvgIpc) is 2.93. The fraction of sp³-hybridized carbons (Fsp3) is 0.529. The van der Waals surface area contributed by atoms with Gasteiger partial charge in [-0.1, -0.05) is 6.92 Å². The first-order chi connectivity index (χ1) is 11.0. The first kappa shape index (κ1) is 15.8. The molecule has 2 aliphatic rings. The second-order valence-corrected chi connectivity index (χ2v) is 6.48. The van der Waals surface area contributed by atoms with Crippen molar-refractivity contribution in [2.45, 2.75) is 26.7 Å². The molecule has 2 aliphatic heterocycles. The van der Waals surface area contributed by atoms with Gasteiger partial charge >= 0.3 is 0 Å². The Bertz CT molecular complexity index is 629. The lowest BCUT2D eigenvalue weighted by atomic mass is 10.0. The number of anilines is 1. The highest BCUT2D eigenvalue weighted by atomic mass is 16.7. The zero-order valence-electron chi connectivity index (χ0n) is 13.6. The summed E-state index contributed by atoms with van der Waals surface area (Å²) in [6.07, 6.45) is 2.40. The van der Waals surface area contributed by atoms with E-state index in [-0.39, 0.29) is 18.5 Å². The van der Waals surface area contributed by atoms with Crippen molar-refractivity contribution in [3.8, 4) is 11.5 Å². The number of rotatable bonds is 4. The number of carbonyl (C=O) groups excluding carboxylic acids is 2. The molecule has 1 saturated heterocycles. The van der Waals surface area contributed by atoms with Gasteiger partial charge in [-0.3, -0.25) is 9.59 Å². The van der Waals surface area contributed by atoms with Crippen LogP contribution < -0.4 is 19.7 Å². The van der Waals surface area contributed by atoms with Crippen LogP contribution in [-0.4, -0.2) is 38.1 Å². The van der Waals surface area contributed by atoms with Crippen LogP contribution in [0.25, 0.3) is 0 Å². The molecule has 0 saturated carbocycles. The number of piperidine rings is 1. The Kier molecular flexibility index (Phi) is 4.52. The Morgan fingerprint density at radius 1 is 1.30 bits per heavy atom. The summed E-state index contributed by atoms with van der Waals surface area (Å²) in [5.41, 5.74) is 0.945. The summed E-state index contributed by atoms with van der Waals surface area (Å²) in [7, 11) is 0.